The number of hydrogen-bond acceptors (Lipinski definition) is 3. The summed E-state index contributed by atoms with van der Waals surface area (Å²) in [6.45, 7) is 2.51. The normalized spacial score (nSPS) is 11.6. The van der Waals surface area contributed by atoms with Crippen LogP contribution in [0.2, 0.25) is 0 Å². The van der Waals surface area contributed by atoms with E-state index in [1.807, 2.05) is 35.1 Å². The Morgan fingerprint density at radius 3 is 2.68 bits per heavy atom. The average molecular weight is 367 g/mol. The first-order valence-electron chi connectivity index (χ1n) is 7.95. The molecule has 0 spiro atoms. The number of fused-ring (bicyclic) bond motifs is 1. The van der Waals surface area contributed by atoms with Gasteiger partial charge in [-0.2, -0.15) is 4.99 Å². The molecular formula is C20H18N2OS2. The van der Waals surface area contributed by atoms with Gasteiger partial charge in [0.1, 0.15) is 0 Å². The first-order chi connectivity index (χ1) is 12.2. The summed E-state index contributed by atoms with van der Waals surface area (Å²) >= 11 is 3.14. The number of terminal acetylenes is 1. The molecule has 0 N–H and O–H groups in total. The van der Waals surface area contributed by atoms with Crippen LogP contribution in [0.5, 0.6) is 0 Å². The van der Waals surface area contributed by atoms with E-state index in [0.29, 0.717) is 16.9 Å². The summed E-state index contributed by atoms with van der Waals surface area (Å²) in [4.78, 5) is 18.6. The Hall–Kier alpha value is -2.29. The molecule has 0 aliphatic heterocycles. The number of benzene rings is 2. The van der Waals surface area contributed by atoms with Gasteiger partial charge in [0.05, 0.1) is 16.8 Å². The molecule has 0 saturated carbocycles. The third kappa shape index (κ3) is 3.71. The van der Waals surface area contributed by atoms with Gasteiger partial charge in [0.2, 0.25) is 0 Å². The number of hydrogen-bond donors (Lipinski definition) is 0. The Morgan fingerprint density at radius 1 is 1.28 bits per heavy atom. The van der Waals surface area contributed by atoms with Crippen LogP contribution in [0.15, 0.2) is 52.4 Å². The predicted molar refractivity (Wildman–Crippen MR) is 106 cm³/mol. The molecule has 0 radical (unpaired) electrons. The van der Waals surface area contributed by atoms with Crippen molar-refractivity contribution >= 4 is 39.2 Å². The van der Waals surface area contributed by atoms with Gasteiger partial charge in [0, 0.05) is 10.5 Å². The van der Waals surface area contributed by atoms with Crippen LogP contribution in [-0.4, -0.2) is 16.7 Å². The van der Waals surface area contributed by atoms with Gasteiger partial charge in [-0.15, -0.1) is 18.2 Å². The zero-order valence-electron chi connectivity index (χ0n) is 14.2. The predicted octanol–water partition coefficient (Wildman–Crippen LogP) is 4.36. The lowest BCUT2D eigenvalue weighted by Gasteiger charge is -2.01. The van der Waals surface area contributed by atoms with Crippen LogP contribution >= 0.6 is 23.1 Å². The van der Waals surface area contributed by atoms with Crippen LogP contribution in [0.4, 0.5) is 0 Å². The quantitative estimate of drug-likeness (QED) is 0.508. The Kier molecular flexibility index (Phi) is 5.42. The molecule has 3 aromatic rings. The summed E-state index contributed by atoms with van der Waals surface area (Å²) in [7, 11) is 0. The molecule has 25 heavy (non-hydrogen) atoms. The van der Waals surface area contributed by atoms with Gasteiger partial charge < -0.3 is 4.57 Å². The van der Waals surface area contributed by atoms with E-state index in [0.717, 1.165) is 21.5 Å². The van der Waals surface area contributed by atoms with Crippen molar-refractivity contribution in [3.05, 3.63) is 58.4 Å². The SMILES string of the molecule is C#CCn1c(=NC(=O)c2ccc(SC)cc2)sc2cc(CC)ccc21. The molecule has 0 saturated heterocycles. The summed E-state index contributed by atoms with van der Waals surface area (Å²) in [6.07, 6.45) is 8.49. The smallest absolute Gasteiger partial charge is 0.279 e. The van der Waals surface area contributed by atoms with Gasteiger partial charge in [-0.1, -0.05) is 30.2 Å². The molecule has 0 unspecified atom stereocenters. The van der Waals surface area contributed by atoms with Gasteiger partial charge in [0.25, 0.3) is 5.91 Å². The van der Waals surface area contributed by atoms with E-state index in [-0.39, 0.29) is 5.91 Å². The van der Waals surface area contributed by atoms with Crippen LogP contribution < -0.4 is 4.80 Å². The van der Waals surface area contributed by atoms with E-state index >= 15 is 0 Å². The second-order valence-corrected chi connectivity index (χ2v) is 7.36. The van der Waals surface area contributed by atoms with E-state index < -0.39 is 0 Å². The van der Waals surface area contributed by atoms with Gasteiger partial charge >= 0.3 is 0 Å². The molecule has 0 atom stereocenters. The monoisotopic (exact) mass is 366 g/mol. The fourth-order valence-electron chi connectivity index (χ4n) is 2.55. The number of rotatable bonds is 4. The zero-order chi connectivity index (χ0) is 17.8. The minimum atomic E-state index is -0.249. The minimum Gasteiger partial charge on any atom is -0.305 e. The van der Waals surface area contributed by atoms with Crippen molar-refractivity contribution in [2.24, 2.45) is 4.99 Å². The van der Waals surface area contributed by atoms with Crippen molar-refractivity contribution in [1.82, 2.24) is 4.57 Å². The summed E-state index contributed by atoms with van der Waals surface area (Å²) in [5, 5.41) is 0. The third-order valence-electron chi connectivity index (χ3n) is 3.94. The van der Waals surface area contributed by atoms with Crippen LogP contribution in [-0.2, 0) is 13.0 Å². The molecule has 0 fully saturated rings. The summed E-state index contributed by atoms with van der Waals surface area (Å²) in [6, 6.07) is 13.8. The van der Waals surface area contributed by atoms with Gasteiger partial charge in [-0.3, -0.25) is 4.79 Å². The topological polar surface area (TPSA) is 34.4 Å². The Bertz CT molecular complexity index is 1020. The van der Waals surface area contributed by atoms with E-state index in [4.69, 9.17) is 6.42 Å². The first kappa shape index (κ1) is 17.5. The number of carbonyl (C=O) groups is 1. The maximum absolute atomic E-state index is 12.5. The van der Waals surface area contributed by atoms with Crippen molar-refractivity contribution in [1.29, 1.82) is 0 Å². The van der Waals surface area contributed by atoms with Crippen molar-refractivity contribution in [3.63, 3.8) is 0 Å². The average Bonchev–Trinajstić information content (AvgIpc) is 2.98. The van der Waals surface area contributed by atoms with Crippen LogP contribution in [0.25, 0.3) is 10.2 Å². The van der Waals surface area contributed by atoms with E-state index in [2.05, 4.69) is 36.0 Å². The Labute approximate surface area is 155 Å². The lowest BCUT2D eigenvalue weighted by molar-refractivity contribution is 0.0998. The van der Waals surface area contributed by atoms with E-state index in [1.54, 1.807) is 11.8 Å². The third-order valence-corrected chi connectivity index (χ3v) is 5.72. The fourth-order valence-corrected chi connectivity index (χ4v) is 4.05. The molecule has 1 heterocycles. The van der Waals surface area contributed by atoms with Crippen molar-refractivity contribution in [2.45, 2.75) is 24.8 Å². The number of thiazole rings is 1. The molecule has 0 bridgehead atoms. The van der Waals surface area contributed by atoms with Gasteiger partial charge in [-0.05, 0) is 54.6 Å². The highest BCUT2D eigenvalue weighted by Gasteiger charge is 2.09. The highest BCUT2D eigenvalue weighted by atomic mass is 32.2. The Morgan fingerprint density at radius 2 is 2.04 bits per heavy atom. The molecule has 3 rings (SSSR count). The standard InChI is InChI=1S/C20H18N2OS2/c1-4-12-22-17-11-6-14(5-2)13-18(17)25-20(22)21-19(23)15-7-9-16(24-3)10-8-15/h1,6-11,13H,5,12H2,2-3H3. The minimum absolute atomic E-state index is 0.249. The molecular weight excluding hydrogens is 348 g/mol. The highest BCUT2D eigenvalue weighted by Crippen LogP contribution is 2.20. The molecule has 3 nitrogen and oxygen atoms in total. The van der Waals surface area contributed by atoms with Crippen molar-refractivity contribution in [2.75, 3.05) is 6.26 Å². The summed E-state index contributed by atoms with van der Waals surface area (Å²) < 4.78 is 3.02. The van der Waals surface area contributed by atoms with Crippen LogP contribution in [0.3, 0.4) is 0 Å². The molecule has 126 valence electrons. The Balaban J connectivity index is 2.08. The second kappa shape index (κ2) is 7.73. The molecule has 1 aromatic heterocycles. The molecule has 0 aliphatic rings. The van der Waals surface area contributed by atoms with Crippen molar-refractivity contribution < 1.29 is 4.79 Å². The number of carbonyl (C=O) groups excluding carboxylic acids is 1. The van der Waals surface area contributed by atoms with Crippen LogP contribution in [0.1, 0.15) is 22.8 Å². The van der Waals surface area contributed by atoms with E-state index in [9.17, 15) is 4.79 Å². The number of aromatic nitrogens is 1. The number of amides is 1. The van der Waals surface area contributed by atoms with Crippen LogP contribution in [0, 0.1) is 12.3 Å². The fraction of sp³-hybridized carbons (Fsp3) is 0.200. The molecule has 5 heteroatoms. The second-order valence-electron chi connectivity index (χ2n) is 5.48. The number of aryl methyl sites for hydroxylation is 1. The number of thioether (sulfide) groups is 1. The van der Waals surface area contributed by atoms with Gasteiger partial charge in [-0.25, -0.2) is 0 Å². The summed E-state index contributed by atoms with van der Waals surface area (Å²) in [5.41, 5.74) is 2.85. The zero-order valence-corrected chi connectivity index (χ0v) is 15.8. The molecule has 2 aromatic carbocycles. The maximum atomic E-state index is 12.5. The highest BCUT2D eigenvalue weighted by molar-refractivity contribution is 7.98. The maximum Gasteiger partial charge on any atom is 0.279 e. The lowest BCUT2D eigenvalue weighted by Crippen LogP contribution is -2.16. The van der Waals surface area contributed by atoms with E-state index in [1.165, 1.54) is 16.9 Å². The van der Waals surface area contributed by atoms with Gasteiger partial charge in [0.15, 0.2) is 4.80 Å². The largest absolute Gasteiger partial charge is 0.305 e. The molecule has 0 aliphatic carbocycles. The molecule has 1 amide bonds. The summed E-state index contributed by atoms with van der Waals surface area (Å²) in [5.74, 6) is 2.41. The number of nitrogens with zero attached hydrogens (tertiary/aromatic N) is 2. The first-order valence-corrected chi connectivity index (χ1v) is 9.99. The lowest BCUT2D eigenvalue weighted by atomic mass is 10.2. The van der Waals surface area contributed by atoms with Crippen molar-refractivity contribution in [3.8, 4) is 12.3 Å².